The highest BCUT2D eigenvalue weighted by Gasteiger charge is 2.15. The van der Waals surface area contributed by atoms with Gasteiger partial charge in [0.2, 0.25) is 0 Å². The van der Waals surface area contributed by atoms with Crippen molar-refractivity contribution in [3.8, 4) is 0 Å². The molecule has 0 radical (unpaired) electrons. The summed E-state index contributed by atoms with van der Waals surface area (Å²) in [5, 5.41) is 13.0. The maximum absolute atomic E-state index is 11.2. The van der Waals surface area contributed by atoms with Crippen LogP contribution in [0.3, 0.4) is 0 Å². The Morgan fingerprint density at radius 2 is 2.06 bits per heavy atom. The summed E-state index contributed by atoms with van der Waals surface area (Å²) in [4.78, 5) is 21.3. The van der Waals surface area contributed by atoms with Crippen LogP contribution in [0.15, 0.2) is 24.3 Å². The zero-order valence-electron chi connectivity index (χ0n) is 8.97. The molecule has 6 nitrogen and oxygen atoms in total. The van der Waals surface area contributed by atoms with E-state index in [1.807, 2.05) is 0 Å². The van der Waals surface area contributed by atoms with Crippen LogP contribution in [0, 0.1) is 10.1 Å². The number of benzene rings is 1. The van der Waals surface area contributed by atoms with Crippen LogP contribution >= 0.6 is 0 Å². The maximum Gasteiger partial charge on any atom is 0.412 e. The topological polar surface area (TPSA) is 81.5 Å². The van der Waals surface area contributed by atoms with Crippen molar-refractivity contribution in [3.63, 3.8) is 0 Å². The standard InChI is InChI=1S/C10H12N2O4/c1-7(2)16-10(13)11-8-5-3-4-6-9(8)12(14)15/h3-7H,1-2H3,(H,11,13). The second kappa shape index (κ2) is 5.11. The zero-order chi connectivity index (χ0) is 12.1. The number of hydrogen-bond donors (Lipinski definition) is 1. The average molecular weight is 224 g/mol. The molecule has 0 unspecified atom stereocenters. The third kappa shape index (κ3) is 3.23. The zero-order valence-corrected chi connectivity index (χ0v) is 8.97. The lowest BCUT2D eigenvalue weighted by Gasteiger charge is -2.09. The number of nitro groups is 1. The molecule has 1 aromatic rings. The normalized spacial score (nSPS) is 9.94. The molecule has 0 fully saturated rings. The van der Waals surface area contributed by atoms with Gasteiger partial charge in [0.25, 0.3) is 5.69 Å². The van der Waals surface area contributed by atoms with Crippen LogP contribution in [-0.2, 0) is 4.74 Å². The van der Waals surface area contributed by atoms with E-state index in [2.05, 4.69) is 5.32 Å². The first kappa shape index (κ1) is 12.0. The third-order valence-corrected chi connectivity index (χ3v) is 1.68. The first-order chi connectivity index (χ1) is 7.50. The molecule has 1 rings (SSSR count). The molecule has 0 aliphatic carbocycles. The van der Waals surface area contributed by atoms with Crippen molar-refractivity contribution in [2.45, 2.75) is 20.0 Å². The number of rotatable bonds is 3. The Bertz CT molecular complexity index is 404. The molecule has 16 heavy (non-hydrogen) atoms. The van der Waals surface area contributed by atoms with Crippen molar-refractivity contribution in [1.82, 2.24) is 0 Å². The number of carbonyl (C=O) groups excluding carboxylic acids is 1. The summed E-state index contributed by atoms with van der Waals surface area (Å²) in [6.45, 7) is 3.39. The first-order valence-corrected chi connectivity index (χ1v) is 4.71. The second-order valence-corrected chi connectivity index (χ2v) is 3.35. The molecule has 0 aliphatic heterocycles. The highest BCUT2D eigenvalue weighted by atomic mass is 16.6. The summed E-state index contributed by atoms with van der Waals surface area (Å²) < 4.78 is 4.82. The number of ether oxygens (including phenoxy) is 1. The molecule has 0 aromatic heterocycles. The molecular weight excluding hydrogens is 212 g/mol. The number of nitro benzene ring substituents is 1. The lowest BCUT2D eigenvalue weighted by atomic mass is 10.3. The molecule has 1 aromatic carbocycles. The van der Waals surface area contributed by atoms with Gasteiger partial charge in [-0.15, -0.1) is 0 Å². The Hall–Kier alpha value is -2.11. The van der Waals surface area contributed by atoms with Crippen LogP contribution in [0.2, 0.25) is 0 Å². The van der Waals surface area contributed by atoms with Gasteiger partial charge in [-0.2, -0.15) is 0 Å². The molecular formula is C10H12N2O4. The molecule has 0 aliphatic rings. The number of nitrogens with one attached hydrogen (secondary N) is 1. The molecule has 6 heteroatoms. The molecule has 86 valence electrons. The van der Waals surface area contributed by atoms with E-state index in [0.29, 0.717) is 0 Å². The van der Waals surface area contributed by atoms with Crippen molar-refractivity contribution < 1.29 is 14.5 Å². The summed E-state index contributed by atoms with van der Waals surface area (Å²) in [6, 6.07) is 5.87. The largest absolute Gasteiger partial charge is 0.447 e. The number of amides is 1. The van der Waals surface area contributed by atoms with Gasteiger partial charge in [-0.05, 0) is 19.9 Å². The SMILES string of the molecule is CC(C)OC(=O)Nc1ccccc1[N+](=O)[O-]. The van der Waals surface area contributed by atoms with Crippen LogP contribution in [0.5, 0.6) is 0 Å². The van der Waals surface area contributed by atoms with E-state index in [1.54, 1.807) is 19.9 Å². The van der Waals surface area contributed by atoms with E-state index >= 15 is 0 Å². The van der Waals surface area contributed by atoms with Gasteiger partial charge >= 0.3 is 6.09 Å². The van der Waals surface area contributed by atoms with Crippen molar-refractivity contribution in [2.75, 3.05) is 5.32 Å². The van der Waals surface area contributed by atoms with Crippen molar-refractivity contribution in [1.29, 1.82) is 0 Å². The van der Waals surface area contributed by atoms with Gasteiger partial charge in [0.05, 0.1) is 11.0 Å². The Kier molecular flexibility index (Phi) is 3.82. The van der Waals surface area contributed by atoms with E-state index < -0.39 is 11.0 Å². The van der Waals surface area contributed by atoms with E-state index in [-0.39, 0.29) is 17.5 Å². The third-order valence-electron chi connectivity index (χ3n) is 1.68. The molecule has 0 saturated heterocycles. The minimum absolute atomic E-state index is 0.123. The van der Waals surface area contributed by atoms with Gasteiger partial charge < -0.3 is 4.74 Å². The Morgan fingerprint density at radius 1 is 1.44 bits per heavy atom. The van der Waals surface area contributed by atoms with Gasteiger partial charge in [0.1, 0.15) is 5.69 Å². The minimum atomic E-state index is -0.704. The molecule has 0 bridgehead atoms. The number of para-hydroxylation sites is 2. The predicted octanol–water partition coefficient (Wildman–Crippen LogP) is 2.55. The number of anilines is 1. The van der Waals surface area contributed by atoms with E-state index in [1.165, 1.54) is 18.2 Å². The highest BCUT2D eigenvalue weighted by molar-refractivity contribution is 5.87. The van der Waals surface area contributed by atoms with Gasteiger partial charge in [0.15, 0.2) is 0 Å². The molecule has 0 atom stereocenters. The van der Waals surface area contributed by atoms with Gasteiger partial charge in [-0.1, -0.05) is 12.1 Å². The van der Waals surface area contributed by atoms with Crippen molar-refractivity contribution in [2.24, 2.45) is 0 Å². The van der Waals surface area contributed by atoms with Gasteiger partial charge in [0, 0.05) is 6.07 Å². The van der Waals surface area contributed by atoms with Crippen molar-refractivity contribution >= 4 is 17.5 Å². The fourth-order valence-electron chi connectivity index (χ4n) is 1.09. The first-order valence-electron chi connectivity index (χ1n) is 4.71. The lowest BCUT2D eigenvalue weighted by molar-refractivity contribution is -0.383. The smallest absolute Gasteiger partial charge is 0.412 e. The molecule has 1 amide bonds. The molecule has 0 heterocycles. The summed E-state index contributed by atoms with van der Waals surface area (Å²) in [5.41, 5.74) is -0.0404. The minimum Gasteiger partial charge on any atom is -0.447 e. The number of nitrogens with zero attached hydrogens (tertiary/aromatic N) is 1. The lowest BCUT2D eigenvalue weighted by Crippen LogP contribution is -2.18. The van der Waals surface area contributed by atoms with E-state index in [9.17, 15) is 14.9 Å². The van der Waals surface area contributed by atoms with Crippen LogP contribution in [0.4, 0.5) is 16.2 Å². The highest BCUT2D eigenvalue weighted by Crippen LogP contribution is 2.23. The number of carbonyl (C=O) groups is 1. The maximum atomic E-state index is 11.2. The van der Waals surface area contributed by atoms with E-state index in [0.717, 1.165) is 0 Å². The molecule has 0 saturated carbocycles. The van der Waals surface area contributed by atoms with Gasteiger partial charge in [-0.3, -0.25) is 15.4 Å². The number of hydrogen-bond acceptors (Lipinski definition) is 4. The monoisotopic (exact) mass is 224 g/mol. The van der Waals surface area contributed by atoms with Crippen molar-refractivity contribution in [3.05, 3.63) is 34.4 Å². The summed E-state index contributed by atoms with van der Waals surface area (Å²) in [5.74, 6) is 0. The van der Waals surface area contributed by atoms with Gasteiger partial charge in [-0.25, -0.2) is 4.79 Å². The second-order valence-electron chi connectivity index (χ2n) is 3.35. The van der Waals surface area contributed by atoms with Crippen LogP contribution in [-0.4, -0.2) is 17.1 Å². The molecule has 0 spiro atoms. The quantitative estimate of drug-likeness (QED) is 0.631. The Balaban J connectivity index is 2.81. The Labute approximate surface area is 92.4 Å². The van der Waals surface area contributed by atoms with Crippen LogP contribution in [0.25, 0.3) is 0 Å². The average Bonchev–Trinajstić information content (AvgIpc) is 2.16. The predicted molar refractivity (Wildman–Crippen MR) is 58.3 cm³/mol. The fourth-order valence-corrected chi connectivity index (χ4v) is 1.09. The summed E-state index contributed by atoms with van der Waals surface area (Å²) >= 11 is 0. The fraction of sp³-hybridized carbons (Fsp3) is 0.300. The Morgan fingerprint density at radius 3 is 2.62 bits per heavy atom. The summed E-state index contributed by atoms with van der Waals surface area (Å²) in [6.07, 6.45) is -0.980. The van der Waals surface area contributed by atoms with E-state index in [4.69, 9.17) is 4.74 Å². The summed E-state index contributed by atoms with van der Waals surface area (Å²) in [7, 11) is 0. The van der Waals surface area contributed by atoms with Crippen LogP contribution in [0.1, 0.15) is 13.8 Å². The molecule has 1 N–H and O–H groups in total. The van der Waals surface area contributed by atoms with Crippen LogP contribution < -0.4 is 5.32 Å².